The SMILES string of the molecule is Cc1cccc2cnc(Nc3ccc4[nH]nnc4c3)nc12. The fraction of sp³-hybridized carbons (Fsp3) is 0.0667. The van der Waals surface area contributed by atoms with Crippen molar-refractivity contribution in [1.82, 2.24) is 25.4 Å². The second-order valence-corrected chi connectivity index (χ2v) is 4.88. The molecule has 2 aromatic heterocycles. The highest BCUT2D eigenvalue weighted by Gasteiger charge is 2.04. The highest BCUT2D eigenvalue weighted by molar-refractivity contribution is 5.83. The molecular formula is C15H12N6. The molecule has 0 atom stereocenters. The standard InChI is InChI=1S/C15H12N6/c1-9-3-2-4-10-8-16-15(18-14(9)10)17-11-5-6-12-13(7-11)20-21-19-12/h2-8H,1H3,(H,16,17,18)(H,19,20,21). The number of aromatic nitrogens is 5. The molecule has 0 unspecified atom stereocenters. The van der Waals surface area contributed by atoms with Gasteiger partial charge in [0.15, 0.2) is 0 Å². The lowest BCUT2D eigenvalue weighted by molar-refractivity contribution is 0.959. The van der Waals surface area contributed by atoms with Crippen molar-refractivity contribution in [3.63, 3.8) is 0 Å². The molecule has 6 nitrogen and oxygen atoms in total. The van der Waals surface area contributed by atoms with Crippen molar-refractivity contribution in [3.05, 3.63) is 48.2 Å². The summed E-state index contributed by atoms with van der Waals surface area (Å²) in [6.07, 6.45) is 1.83. The third kappa shape index (κ3) is 2.06. The average Bonchev–Trinajstić information content (AvgIpc) is 2.96. The number of rotatable bonds is 2. The zero-order valence-corrected chi connectivity index (χ0v) is 11.3. The summed E-state index contributed by atoms with van der Waals surface area (Å²) in [5, 5.41) is 14.8. The van der Waals surface area contributed by atoms with E-state index in [4.69, 9.17) is 0 Å². The van der Waals surface area contributed by atoms with Gasteiger partial charge in [0.05, 0.1) is 11.0 Å². The fourth-order valence-electron chi connectivity index (χ4n) is 2.31. The molecule has 0 amide bonds. The summed E-state index contributed by atoms with van der Waals surface area (Å²) < 4.78 is 0. The lowest BCUT2D eigenvalue weighted by Gasteiger charge is -2.06. The molecule has 4 aromatic rings. The third-order valence-electron chi connectivity index (χ3n) is 3.39. The molecule has 2 N–H and O–H groups in total. The quantitative estimate of drug-likeness (QED) is 0.588. The normalized spacial score (nSPS) is 11.1. The molecule has 0 bridgehead atoms. The van der Waals surface area contributed by atoms with E-state index in [0.29, 0.717) is 5.95 Å². The van der Waals surface area contributed by atoms with Crippen LogP contribution in [0, 0.1) is 6.92 Å². The number of hydrogen-bond donors (Lipinski definition) is 2. The first-order valence-corrected chi connectivity index (χ1v) is 6.60. The van der Waals surface area contributed by atoms with Crippen LogP contribution in [0.4, 0.5) is 11.6 Å². The van der Waals surface area contributed by atoms with Crippen LogP contribution in [0.5, 0.6) is 0 Å². The second-order valence-electron chi connectivity index (χ2n) is 4.88. The second kappa shape index (κ2) is 4.52. The topological polar surface area (TPSA) is 79.4 Å². The highest BCUT2D eigenvalue weighted by Crippen LogP contribution is 2.20. The maximum Gasteiger partial charge on any atom is 0.227 e. The number of aromatic amines is 1. The van der Waals surface area contributed by atoms with E-state index in [0.717, 1.165) is 33.2 Å². The Kier molecular flexibility index (Phi) is 2.53. The number of nitrogens with one attached hydrogen (secondary N) is 2. The molecule has 0 saturated carbocycles. The molecule has 0 aliphatic heterocycles. The first kappa shape index (κ1) is 11.8. The Bertz CT molecular complexity index is 943. The number of hydrogen-bond acceptors (Lipinski definition) is 5. The molecule has 2 aromatic carbocycles. The first-order valence-electron chi connectivity index (χ1n) is 6.60. The van der Waals surface area contributed by atoms with Crippen LogP contribution in [0.3, 0.4) is 0 Å². The molecule has 0 radical (unpaired) electrons. The molecule has 102 valence electrons. The van der Waals surface area contributed by atoms with Crippen molar-refractivity contribution in [3.8, 4) is 0 Å². The van der Waals surface area contributed by atoms with E-state index in [-0.39, 0.29) is 0 Å². The molecule has 0 saturated heterocycles. The van der Waals surface area contributed by atoms with E-state index in [2.05, 4.69) is 30.7 Å². The molecule has 6 heteroatoms. The number of para-hydroxylation sites is 1. The van der Waals surface area contributed by atoms with Gasteiger partial charge in [-0.25, -0.2) is 9.97 Å². The Morgan fingerprint density at radius 1 is 1.14 bits per heavy atom. The van der Waals surface area contributed by atoms with Gasteiger partial charge in [-0.2, -0.15) is 0 Å². The first-order chi connectivity index (χ1) is 10.3. The van der Waals surface area contributed by atoms with E-state index in [1.807, 2.05) is 49.5 Å². The van der Waals surface area contributed by atoms with Gasteiger partial charge >= 0.3 is 0 Å². The molecule has 0 spiro atoms. The summed E-state index contributed by atoms with van der Waals surface area (Å²) in [4.78, 5) is 8.92. The van der Waals surface area contributed by atoms with Crippen LogP contribution in [-0.2, 0) is 0 Å². The zero-order chi connectivity index (χ0) is 14.2. The van der Waals surface area contributed by atoms with E-state index in [1.165, 1.54) is 0 Å². The number of nitrogens with zero attached hydrogens (tertiary/aromatic N) is 4. The van der Waals surface area contributed by atoms with Crippen LogP contribution in [-0.4, -0.2) is 25.4 Å². The minimum atomic E-state index is 0.569. The average molecular weight is 276 g/mol. The van der Waals surface area contributed by atoms with Crippen molar-refractivity contribution in [2.24, 2.45) is 0 Å². The fourth-order valence-corrected chi connectivity index (χ4v) is 2.31. The smallest absolute Gasteiger partial charge is 0.227 e. The van der Waals surface area contributed by atoms with Crippen LogP contribution in [0.2, 0.25) is 0 Å². The highest BCUT2D eigenvalue weighted by atomic mass is 15.3. The third-order valence-corrected chi connectivity index (χ3v) is 3.39. The molecule has 0 fully saturated rings. The Morgan fingerprint density at radius 2 is 2.10 bits per heavy atom. The van der Waals surface area contributed by atoms with Crippen molar-refractivity contribution in [1.29, 1.82) is 0 Å². The summed E-state index contributed by atoms with van der Waals surface area (Å²) in [6.45, 7) is 2.04. The Balaban J connectivity index is 1.74. The van der Waals surface area contributed by atoms with Crippen LogP contribution in [0.1, 0.15) is 5.56 Å². The van der Waals surface area contributed by atoms with Crippen LogP contribution in [0.15, 0.2) is 42.6 Å². The van der Waals surface area contributed by atoms with Gasteiger partial charge in [-0.3, -0.25) is 5.10 Å². The summed E-state index contributed by atoms with van der Waals surface area (Å²) >= 11 is 0. The van der Waals surface area contributed by atoms with Gasteiger partial charge in [-0.15, -0.1) is 5.10 Å². The number of benzene rings is 2. The molecule has 0 aliphatic carbocycles. The van der Waals surface area contributed by atoms with Gasteiger partial charge in [0.25, 0.3) is 0 Å². The van der Waals surface area contributed by atoms with E-state index in [1.54, 1.807) is 0 Å². The molecule has 2 heterocycles. The largest absolute Gasteiger partial charge is 0.324 e. The summed E-state index contributed by atoms with van der Waals surface area (Å²) in [5.41, 5.74) is 4.67. The van der Waals surface area contributed by atoms with Gasteiger partial charge in [0, 0.05) is 17.3 Å². The van der Waals surface area contributed by atoms with Crippen molar-refractivity contribution < 1.29 is 0 Å². The van der Waals surface area contributed by atoms with Gasteiger partial charge in [0.1, 0.15) is 5.52 Å². The zero-order valence-electron chi connectivity index (χ0n) is 11.3. The van der Waals surface area contributed by atoms with Crippen LogP contribution >= 0.6 is 0 Å². The minimum Gasteiger partial charge on any atom is -0.324 e. The van der Waals surface area contributed by atoms with Crippen LogP contribution < -0.4 is 5.32 Å². The van der Waals surface area contributed by atoms with E-state index < -0.39 is 0 Å². The molecular weight excluding hydrogens is 264 g/mol. The Hall–Kier alpha value is -3.02. The lowest BCUT2D eigenvalue weighted by Crippen LogP contribution is -1.97. The maximum atomic E-state index is 4.57. The predicted molar refractivity (Wildman–Crippen MR) is 81.4 cm³/mol. The molecule has 4 rings (SSSR count). The monoisotopic (exact) mass is 276 g/mol. The van der Waals surface area contributed by atoms with Crippen LogP contribution in [0.25, 0.3) is 21.9 Å². The van der Waals surface area contributed by atoms with Crippen molar-refractivity contribution >= 4 is 33.6 Å². The number of anilines is 2. The van der Waals surface area contributed by atoms with Crippen molar-refractivity contribution in [2.75, 3.05) is 5.32 Å². The number of H-pyrrole nitrogens is 1. The van der Waals surface area contributed by atoms with Gasteiger partial charge in [0.2, 0.25) is 5.95 Å². The summed E-state index contributed by atoms with van der Waals surface area (Å²) in [7, 11) is 0. The number of fused-ring (bicyclic) bond motifs is 2. The van der Waals surface area contributed by atoms with E-state index >= 15 is 0 Å². The van der Waals surface area contributed by atoms with Gasteiger partial charge < -0.3 is 5.32 Å². The lowest BCUT2D eigenvalue weighted by atomic mass is 10.1. The predicted octanol–water partition coefficient (Wildman–Crippen LogP) is 2.95. The Morgan fingerprint density at radius 3 is 3.05 bits per heavy atom. The number of aryl methyl sites for hydroxylation is 1. The summed E-state index contributed by atoms with van der Waals surface area (Å²) in [6, 6.07) is 11.8. The molecule has 0 aliphatic rings. The van der Waals surface area contributed by atoms with Gasteiger partial charge in [-0.05, 0) is 30.7 Å². The molecule has 21 heavy (non-hydrogen) atoms. The van der Waals surface area contributed by atoms with Crippen molar-refractivity contribution in [2.45, 2.75) is 6.92 Å². The van der Waals surface area contributed by atoms with E-state index in [9.17, 15) is 0 Å². The Labute approximate surface area is 120 Å². The minimum absolute atomic E-state index is 0.569. The summed E-state index contributed by atoms with van der Waals surface area (Å²) in [5.74, 6) is 0.569. The van der Waals surface area contributed by atoms with Gasteiger partial charge in [-0.1, -0.05) is 23.4 Å². The maximum absolute atomic E-state index is 4.57.